The van der Waals surface area contributed by atoms with Gasteiger partial charge in [-0.25, -0.2) is 8.42 Å². The number of nitrogens with zero attached hydrogens (tertiary/aromatic N) is 1. The second-order valence-corrected chi connectivity index (χ2v) is 8.86. The van der Waals surface area contributed by atoms with E-state index in [4.69, 9.17) is 11.6 Å². The summed E-state index contributed by atoms with van der Waals surface area (Å²) in [6.07, 6.45) is 3.14. The van der Waals surface area contributed by atoms with E-state index in [2.05, 4.69) is 0 Å². The molecule has 2 fully saturated rings. The smallest absolute Gasteiger partial charge is 0.226 e. The Morgan fingerprint density at radius 1 is 1.27 bits per heavy atom. The molecule has 2 aliphatic heterocycles. The molecule has 1 aromatic rings. The predicted octanol–water partition coefficient (Wildman–Crippen LogP) is 2.31. The lowest BCUT2D eigenvalue weighted by Crippen LogP contribution is -2.41. The summed E-state index contributed by atoms with van der Waals surface area (Å²) in [6, 6.07) is 7.83. The number of rotatable bonds is 3. The van der Waals surface area contributed by atoms with Crippen molar-refractivity contribution >= 4 is 27.3 Å². The van der Waals surface area contributed by atoms with Gasteiger partial charge in [-0.3, -0.25) is 4.79 Å². The van der Waals surface area contributed by atoms with Crippen LogP contribution in [-0.4, -0.2) is 43.3 Å². The molecule has 4 nitrogen and oxygen atoms in total. The van der Waals surface area contributed by atoms with Crippen LogP contribution in [0.4, 0.5) is 0 Å². The number of hydrogen-bond acceptors (Lipinski definition) is 3. The number of carbonyl (C=O) groups is 1. The largest absolute Gasteiger partial charge is 0.339 e. The van der Waals surface area contributed by atoms with E-state index in [-0.39, 0.29) is 29.4 Å². The van der Waals surface area contributed by atoms with Crippen LogP contribution >= 0.6 is 11.6 Å². The van der Waals surface area contributed by atoms with Gasteiger partial charge in [0.05, 0.1) is 17.4 Å². The molecule has 2 saturated heterocycles. The van der Waals surface area contributed by atoms with Crippen molar-refractivity contribution in [1.82, 2.24) is 4.90 Å². The van der Waals surface area contributed by atoms with Gasteiger partial charge in [0, 0.05) is 17.6 Å². The molecule has 2 atom stereocenters. The molecule has 0 N–H and O–H groups in total. The first kappa shape index (κ1) is 15.8. The first-order chi connectivity index (χ1) is 10.5. The SMILES string of the molecule is O=C(C1CCS(=O)(=O)C1)N1CCCC1Cc1ccccc1Cl. The van der Waals surface area contributed by atoms with Crippen LogP contribution in [0, 0.1) is 5.92 Å². The molecule has 0 spiro atoms. The second kappa shape index (κ2) is 6.20. The third-order valence-corrected chi connectivity index (χ3v) is 6.79. The number of benzene rings is 1. The number of halogens is 1. The van der Waals surface area contributed by atoms with E-state index in [0.717, 1.165) is 36.4 Å². The number of hydrogen-bond donors (Lipinski definition) is 0. The Hall–Kier alpha value is -1.07. The average Bonchev–Trinajstić information content (AvgIpc) is 3.07. The summed E-state index contributed by atoms with van der Waals surface area (Å²) in [7, 11) is -3.02. The van der Waals surface area contributed by atoms with Crippen LogP contribution in [0.1, 0.15) is 24.8 Å². The van der Waals surface area contributed by atoms with E-state index < -0.39 is 9.84 Å². The van der Waals surface area contributed by atoms with Gasteiger partial charge in [0.15, 0.2) is 9.84 Å². The molecule has 1 amide bonds. The van der Waals surface area contributed by atoms with Crippen molar-refractivity contribution in [2.24, 2.45) is 5.92 Å². The Kier molecular flexibility index (Phi) is 4.46. The molecule has 2 heterocycles. The fraction of sp³-hybridized carbons (Fsp3) is 0.562. The van der Waals surface area contributed by atoms with Gasteiger partial charge in [-0.05, 0) is 37.3 Å². The maximum absolute atomic E-state index is 12.6. The minimum absolute atomic E-state index is 0.00984. The van der Waals surface area contributed by atoms with Crippen LogP contribution in [0.5, 0.6) is 0 Å². The third kappa shape index (κ3) is 3.30. The third-order valence-electron chi connectivity index (χ3n) is 4.66. The van der Waals surface area contributed by atoms with Crippen molar-refractivity contribution in [2.45, 2.75) is 31.7 Å². The Morgan fingerprint density at radius 3 is 2.73 bits per heavy atom. The summed E-state index contributed by atoms with van der Waals surface area (Å²) in [5.41, 5.74) is 1.05. The van der Waals surface area contributed by atoms with E-state index >= 15 is 0 Å². The van der Waals surface area contributed by atoms with E-state index in [0.29, 0.717) is 6.42 Å². The molecule has 2 aliphatic rings. The molecular weight excluding hydrogens is 322 g/mol. The van der Waals surface area contributed by atoms with Crippen LogP contribution in [-0.2, 0) is 21.1 Å². The molecule has 120 valence electrons. The Balaban J connectivity index is 1.71. The minimum Gasteiger partial charge on any atom is -0.339 e. The molecule has 0 aromatic heterocycles. The zero-order valence-corrected chi connectivity index (χ0v) is 13.9. The highest BCUT2D eigenvalue weighted by atomic mass is 35.5. The van der Waals surface area contributed by atoms with Crippen molar-refractivity contribution in [3.8, 4) is 0 Å². The summed E-state index contributed by atoms with van der Waals surface area (Å²) in [4.78, 5) is 14.5. The molecule has 3 rings (SSSR count). The Morgan fingerprint density at radius 2 is 2.05 bits per heavy atom. The summed E-state index contributed by atoms with van der Waals surface area (Å²) in [5, 5.41) is 0.727. The fourth-order valence-electron chi connectivity index (χ4n) is 3.48. The predicted molar refractivity (Wildman–Crippen MR) is 86.7 cm³/mol. The first-order valence-electron chi connectivity index (χ1n) is 7.70. The van der Waals surface area contributed by atoms with E-state index in [9.17, 15) is 13.2 Å². The van der Waals surface area contributed by atoms with E-state index in [1.165, 1.54) is 0 Å². The molecular formula is C16H20ClNO3S. The zero-order chi connectivity index (χ0) is 15.7. The summed E-state index contributed by atoms with van der Waals surface area (Å²) >= 11 is 6.21. The van der Waals surface area contributed by atoms with Gasteiger partial charge in [-0.15, -0.1) is 0 Å². The maximum Gasteiger partial charge on any atom is 0.226 e. The number of likely N-dealkylation sites (tertiary alicyclic amines) is 1. The highest BCUT2D eigenvalue weighted by Crippen LogP contribution is 2.29. The lowest BCUT2D eigenvalue weighted by molar-refractivity contribution is -0.135. The molecule has 6 heteroatoms. The van der Waals surface area contributed by atoms with Crippen molar-refractivity contribution in [3.05, 3.63) is 34.9 Å². The Bertz CT molecular complexity index is 674. The molecule has 22 heavy (non-hydrogen) atoms. The van der Waals surface area contributed by atoms with Gasteiger partial charge >= 0.3 is 0 Å². The fourth-order valence-corrected chi connectivity index (χ4v) is 5.43. The van der Waals surface area contributed by atoms with Gasteiger partial charge < -0.3 is 4.90 Å². The van der Waals surface area contributed by atoms with E-state index in [1.807, 2.05) is 29.2 Å². The zero-order valence-electron chi connectivity index (χ0n) is 12.4. The van der Waals surface area contributed by atoms with Crippen LogP contribution in [0.2, 0.25) is 5.02 Å². The van der Waals surface area contributed by atoms with Crippen LogP contribution in [0.15, 0.2) is 24.3 Å². The Labute approximate surface area is 136 Å². The van der Waals surface area contributed by atoms with Crippen molar-refractivity contribution in [3.63, 3.8) is 0 Å². The summed E-state index contributed by atoms with van der Waals surface area (Å²) < 4.78 is 23.2. The first-order valence-corrected chi connectivity index (χ1v) is 9.90. The molecule has 2 unspecified atom stereocenters. The van der Waals surface area contributed by atoms with Crippen LogP contribution in [0.3, 0.4) is 0 Å². The average molecular weight is 342 g/mol. The van der Waals surface area contributed by atoms with Gasteiger partial charge in [-0.2, -0.15) is 0 Å². The second-order valence-electron chi connectivity index (χ2n) is 6.22. The van der Waals surface area contributed by atoms with Gasteiger partial charge in [0.2, 0.25) is 5.91 Å². The highest BCUT2D eigenvalue weighted by molar-refractivity contribution is 7.91. The minimum atomic E-state index is -3.02. The monoisotopic (exact) mass is 341 g/mol. The topological polar surface area (TPSA) is 54.5 Å². The van der Waals surface area contributed by atoms with Crippen molar-refractivity contribution in [2.75, 3.05) is 18.1 Å². The molecule has 0 bridgehead atoms. The molecule has 0 saturated carbocycles. The van der Waals surface area contributed by atoms with Gasteiger partial charge in [0.25, 0.3) is 0 Å². The van der Waals surface area contributed by atoms with Crippen molar-refractivity contribution < 1.29 is 13.2 Å². The quantitative estimate of drug-likeness (QED) is 0.847. The number of sulfone groups is 1. The summed E-state index contributed by atoms with van der Waals surface area (Å²) in [5.74, 6) is -0.180. The standard InChI is InChI=1S/C16H20ClNO3S/c17-15-6-2-1-4-12(15)10-14-5-3-8-18(14)16(19)13-7-9-22(20,21)11-13/h1-2,4,6,13-14H,3,5,7-11H2. The highest BCUT2D eigenvalue weighted by Gasteiger charge is 2.38. The van der Waals surface area contributed by atoms with Gasteiger partial charge in [-0.1, -0.05) is 29.8 Å². The normalized spacial score (nSPS) is 27.2. The molecule has 1 aromatic carbocycles. The summed E-state index contributed by atoms with van der Waals surface area (Å²) in [6.45, 7) is 0.727. The lowest BCUT2D eigenvalue weighted by atomic mass is 10.0. The number of carbonyl (C=O) groups excluding carboxylic acids is 1. The number of amides is 1. The van der Waals surface area contributed by atoms with Crippen LogP contribution < -0.4 is 0 Å². The molecule has 0 aliphatic carbocycles. The van der Waals surface area contributed by atoms with Gasteiger partial charge in [0.1, 0.15) is 0 Å². The van der Waals surface area contributed by atoms with Crippen LogP contribution in [0.25, 0.3) is 0 Å². The van der Waals surface area contributed by atoms with Crippen molar-refractivity contribution in [1.29, 1.82) is 0 Å². The van der Waals surface area contributed by atoms with E-state index in [1.54, 1.807) is 0 Å². The molecule has 0 radical (unpaired) electrons. The maximum atomic E-state index is 12.6. The lowest BCUT2D eigenvalue weighted by Gasteiger charge is -2.27.